The van der Waals surface area contributed by atoms with Gasteiger partial charge in [0.15, 0.2) is 0 Å². The maximum Gasteiger partial charge on any atom is 0.240 e. The number of rotatable bonds is 1. The van der Waals surface area contributed by atoms with E-state index < -0.39 is 10.0 Å². The fourth-order valence-electron chi connectivity index (χ4n) is 1.36. The van der Waals surface area contributed by atoms with Crippen LogP contribution in [0.3, 0.4) is 0 Å². The topological polar surface area (TPSA) is 88.8 Å². The van der Waals surface area contributed by atoms with Crippen LogP contribution in [0.5, 0.6) is 0 Å². The van der Waals surface area contributed by atoms with E-state index in [1.807, 2.05) is 0 Å². The van der Waals surface area contributed by atoms with Crippen LogP contribution in [0, 0.1) is 6.92 Å². The number of imidazole rings is 1. The molecule has 5 nitrogen and oxygen atoms in total. The number of aromatic amines is 1. The first-order chi connectivity index (χ1) is 6.48. The molecule has 0 aliphatic heterocycles. The minimum absolute atomic E-state index is 0.0550. The minimum atomic E-state index is -3.70. The van der Waals surface area contributed by atoms with E-state index in [0.29, 0.717) is 16.9 Å². The molecule has 0 unspecified atom stereocenters. The van der Waals surface area contributed by atoms with Gasteiger partial charge in [0.05, 0.1) is 5.52 Å². The van der Waals surface area contributed by atoms with Gasteiger partial charge in [-0.3, -0.25) is 0 Å². The van der Waals surface area contributed by atoms with Gasteiger partial charge in [-0.2, -0.15) is 0 Å². The molecule has 0 saturated carbocycles. The van der Waals surface area contributed by atoms with Crippen molar-refractivity contribution < 1.29 is 8.42 Å². The number of nitrogens with two attached hydrogens (primary N) is 1. The van der Waals surface area contributed by atoms with Crippen LogP contribution in [0.25, 0.3) is 11.0 Å². The van der Waals surface area contributed by atoms with Crippen molar-refractivity contribution in [1.29, 1.82) is 0 Å². The first kappa shape index (κ1) is 9.17. The molecule has 0 bridgehead atoms. The van der Waals surface area contributed by atoms with Crippen LogP contribution in [0.4, 0.5) is 0 Å². The summed E-state index contributed by atoms with van der Waals surface area (Å²) in [7, 11) is -3.70. The van der Waals surface area contributed by atoms with Gasteiger partial charge >= 0.3 is 0 Å². The lowest BCUT2D eigenvalue weighted by molar-refractivity contribution is 0.598. The third-order valence-electron chi connectivity index (χ3n) is 1.90. The second-order valence-electron chi connectivity index (χ2n) is 3.02. The average molecular weight is 211 g/mol. The molecular formula is C8H9N3O2S. The van der Waals surface area contributed by atoms with E-state index in [4.69, 9.17) is 5.14 Å². The lowest BCUT2D eigenvalue weighted by atomic mass is 10.3. The first-order valence-electron chi connectivity index (χ1n) is 3.96. The van der Waals surface area contributed by atoms with Gasteiger partial charge in [0.1, 0.15) is 16.2 Å². The number of hydrogen-bond donors (Lipinski definition) is 2. The third kappa shape index (κ3) is 1.38. The van der Waals surface area contributed by atoms with Gasteiger partial charge in [0, 0.05) is 0 Å². The summed E-state index contributed by atoms with van der Waals surface area (Å²) in [6, 6.07) is 4.82. The van der Waals surface area contributed by atoms with Crippen molar-refractivity contribution in [2.75, 3.05) is 0 Å². The SMILES string of the molecule is Cc1nc2c(S(N)(=O)=O)cccc2[nH]1. The van der Waals surface area contributed by atoms with Crippen LogP contribution in [0.15, 0.2) is 23.1 Å². The monoisotopic (exact) mass is 211 g/mol. The van der Waals surface area contributed by atoms with Crippen LogP contribution in [0.1, 0.15) is 5.82 Å². The zero-order valence-corrected chi connectivity index (χ0v) is 8.30. The second kappa shape index (κ2) is 2.79. The predicted octanol–water partition coefficient (Wildman–Crippen LogP) is 0.519. The number of H-pyrrole nitrogens is 1. The number of primary sulfonamides is 1. The molecule has 0 atom stereocenters. The number of aromatic nitrogens is 2. The zero-order valence-electron chi connectivity index (χ0n) is 7.48. The van der Waals surface area contributed by atoms with Gasteiger partial charge in [-0.05, 0) is 19.1 Å². The van der Waals surface area contributed by atoms with Crippen LogP contribution in [0.2, 0.25) is 0 Å². The maximum absolute atomic E-state index is 11.2. The summed E-state index contributed by atoms with van der Waals surface area (Å²) in [5.41, 5.74) is 1.07. The Morgan fingerprint density at radius 2 is 2.14 bits per heavy atom. The summed E-state index contributed by atoms with van der Waals surface area (Å²) in [5, 5.41) is 5.05. The number of benzene rings is 1. The van der Waals surface area contributed by atoms with E-state index in [1.54, 1.807) is 19.1 Å². The molecule has 1 aromatic heterocycles. The van der Waals surface area contributed by atoms with Crippen LogP contribution in [-0.2, 0) is 10.0 Å². The second-order valence-corrected chi connectivity index (χ2v) is 4.55. The van der Waals surface area contributed by atoms with Gasteiger partial charge in [-0.1, -0.05) is 6.07 Å². The predicted molar refractivity (Wildman–Crippen MR) is 52.2 cm³/mol. The summed E-state index contributed by atoms with van der Waals surface area (Å²) >= 11 is 0. The Balaban J connectivity index is 2.90. The highest BCUT2D eigenvalue weighted by molar-refractivity contribution is 7.89. The molecule has 0 fully saturated rings. The van der Waals surface area contributed by atoms with Crippen molar-refractivity contribution in [3.05, 3.63) is 24.0 Å². The lowest BCUT2D eigenvalue weighted by Gasteiger charge is -1.97. The molecule has 3 N–H and O–H groups in total. The number of nitrogens with zero attached hydrogens (tertiary/aromatic N) is 1. The fraction of sp³-hybridized carbons (Fsp3) is 0.125. The Bertz CT molecular complexity index is 586. The molecular weight excluding hydrogens is 202 g/mol. The van der Waals surface area contributed by atoms with Crippen molar-refractivity contribution in [2.45, 2.75) is 11.8 Å². The van der Waals surface area contributed by atoms with E-state index in [9.17, 15) is 8.42 Å². The van der Waals surface area contributed by atoms with E-state index >= 15 is 0 Å². The minimum Gasteiger partial charge on any atom is -0.342 e. The van der Waals surface area contributed by atoms with Gasteiger partial charge in [0.2, 0.25) is 10.0 Å². The summed E-state index contributed by atoms with van der Waals surface area (Å²) in [4.78, 5) is 7.06. The van der Waals surface area contributed by atoms with Crippen molar-refractivity contribution in [2.24, 2.45) is 5.14 Å². The molecule has 6 heteroatoms. The van der Waals surface area contributed by atoms with Crippen LogP contribution >= 0.6 is 0 Å². The molecule has 0 saturated heterocycles. The molecule has 0 aliphatic rings. The van der Waals surface area contributed by atoms with E-state index in [0.717, 1.165) is 0 Å². The molecule has 14 heavy (non-hydrogen) atoms. The Labute approximate surface area is 81.0 Å². The van der Waals surface area contributed by atoms with Gasteiger partial charge in [-0.25, -0.2) is 18.5 Å². The summed E-state index contributed by atoms with van der Waals surface area (Å²) in [5.74, 6) is 0.663. The first-order valence-corrected chi connectivity index (χ1v) is 5.51. The summed E-state index contributed by atoms with van der Waals surface area (Å²) in [6.45, 7) is 1.76. The molecule has 2 aromatic rings. The van der Waals surface area contributed by atoms with Crippen molar-refractivity contribution >= 4 is 21.1 Å². The summed E-state index contributed by atoms with van der Waals surface area (Å²) < 4.78 is 22.4. The zero-order chi connectivity index (χ0) is 10.3. The van der Waals surface area contributed by atoms with Crippen molar-refractivity contribution in [3.63, 3.8) is 0 Å². The highest BCUT2D eigenvalue weighted by atomic mass is 32.2. The van der Waals surface area contributed by atoms with Crippen LogP contribution in [-0.4, -0.2) is 18.4 Å². The highest BCUT2D eigenvalue weighted by Gasteiger charge is 2.14. The number of para-hydroxylation sites is 1. The molecule has 0 aliphatic carbocycles. The quantitative estimate of drug-likeness (QED) is 0.720. The Hall–Kier alpha value is -1.40. The normalized spacial score (nSPS) is 12.1. The number of nitrogens with one attached hydrogen (secondary N) is 1. The summed E-state index contributed by atoms with van der Waals surface area (Å²) in [6.07, 6.45) is 0. The smallest absolute Gasteiger partial charge is 0.240 e. The number of aryl methyl sites for hydroxylation is 1. The maximum atomic E-state index is 11.2. The number of sulfonamides is 1. The molecule has 0 amide bonds. The molecule has 0 radical (unpaired) electrons. The van der Waals surface area contributed by atoms with Crippen LogP contribution < -0.4 is 5.14 Å². The molecule has 2 rings (SSSR count). The fourth-order valence-corrected chi connectivity index (χ4v) is 2.05. The van der Waals surface area contributed by atoms with E-state index in [1.165, 1.54) is 6.07 Å². The Kier molecular flexibility index (Phi) is 1.83. The van der Waals surface area contributed by atoms with Gasteiger partial charge < -0.3 is 4.98 Å². The molecule has 0 spiro atoms. The number of fused-ring (bicyclic) bond motifs is 1. The van der Waals surface area contributed by atoms with E-state index in [2.05, 4.69) is 9.97 Å². The van der Waals surface area contributed by atoms with Gasteiger partial charge in [-0.15, -0.1) is 0 Å². The van der Waals surface area contributed by atoms with Gasteiger partial charge in [0.25, 0.3) is 0 Å². The average Bonchev–Trinajstić information content (AvgIpc) is 2.41. The highest BCUT2D eigenvalue weighted by Crippen LogP contribution is 2.19. The van der Waals surface area contributed by atoms with E-state index in [-0.39, 0.29) is 4.90 Å². The lowest BCUT2D eigenvalue weighted by Crippen LogP contribution is -2.12. The number of hydrogen-bond acceptors (Lipinski definition) is 3. The molecule has 1 aromatic carbocycles. The Morgan fingerprint density at radius 1 is 1.43 bits per heavy atom. The molecule has 74 valence electrons. The molecule has 1 heterocycles. The Morgan fingerprint density at radius 3 is 2.79 bits per heavy atom. The van der Waals surface area contributed by atoms with Crippen molar-refractivity contribution in [3.8, 4) is 0 Å². The largest absolute Gasteiger partial charge is 0.342 e. The van der Waals surface area contributed by atoms with Crippen molar-refractivity contribution in [1.82, 2.24) is 9.97 Å². The third-order valence-corrected chi connectivity index (χ3v) is 2.84. The standard InChI is InChI=1S/C8H9N3O2S/c1-5-10-6-3-2-4-7(8(6)11-5)14(9,12)13/h2-4H,1H3,(H,10,11)(H2,9,12,13).